The molecule has 0 amide bonds. The maximum atomic E-state index is 3.72. The molecule has 7 heavy (non-hydrogen) atoms. The zero-order valence-electron chi connectivity index (χ0n) is 4.07. The van der Waals surface area contributed by atoms with Crippen LogP contribution in [0.3, 0.4) is 0 Å². The van der Waals surface area contributed by atoms with Gasteiger partial charge in [-0.3, -0.25) is 0 Å². The molecule has 1 aliphatic rings. The third-order valence-electron chi connectivity index (χ3n) is 0.596. The molecule has 0 unspecified atom stereocenters. The number of hydrazone groups is 1. The second-order valence-corrected chi connectivity index (χ2v) is 1.27. The van der Waals surface area contributed by atoms with E-state index in [9.17, 15) is 0 Å². The Labute approximate surface area is 41.7 Å². The van der Waals surface area contributed by atoms with Crippen molar-refractivity contribution in [2.45, 2.75) is 0 Å². The Kier molecular flexibility index (Phi) is 0.714. The van der Waals surface area contributed by atoms with Gasteiger partial charge < -0.3 is 5.01 Å². The van der Waals surface area contributed by atoms with E-state index in [-0.39, 0.29) is 0 Å². The van der Waals surface area contributed by atoms with Crippen LogP contribution in [0.2, 0.25) is 0 Å². The summed E-state index contributed by atoms with van der Waals surface area (Å²) < 4.78 is 0. The largest absolute Gasteiger partial charge is 0.311 e. The first-order valence-corrected chi connectivity index (χ1v) is 1.88. The monoisotopic (exact) mass is 98.1 g/mol. The van der Waals surface area contributed by atoms with Crippen molar-refractivity contribution in [3.8, 4) is 0 Å². The van der Waals surface area contributed by atoms with Gasteiger partial charge in [0.2, 0.25) is 0 Å². The third kappa shape index (κ3) is 0.677. The molecule has 0 aromatic heterocycles. The second kappa shape index (κ2) is 1.22. The minimum atomic E-state index is 1.25. The van der Waals surface area contributed by atoms with Gasteiger partial charge in [0.05, 0.1) is 6.34 Å². The van der Waals surface area contributed by atoms with Gasteiger partial charge in [-0.1, -0.05) is 0 Å². The van der Waals surface area contributed by atoms with Crippen LogP contribution in [0, 0.1) is 0 Å². The number of nitrogens with zero attached hydrogens (tertiary/aromatic N) is 4. The zero-order chi connectivity index (χ0) is 5.28. The van der Waals surface area contributed by atoms with Crippen molar-refractivity contribution in [2.24, 2.45) is 5.10 Å². The zero-order valence-corrected chi connectivity index (χ0v) is 4.07. The van der Waals surface area contributed by atoms with Crippen molar-refractivity contribution in [2.75, 3.05) is 7.05 Å². The number of hydrogen-bond donors (Lipinski definition) is 0. The summed E-state index contributed by atoms with van der Waals surface area (Å²) >= 11 is 0. The van der Waals surface area contributed by atoms with Crippen LogP contribution < -0.4 is 0 Å². The van der Waals surface area contributed by atoms with Crippen LogP contribution >= 0.6 is 0 Å². The minimum absolute atomic E-state index is 1.25. The lowest BCUT2D eigenvalue weighted by atomic mass is 11.1. The van der Waals surface area contributed by atoms with Crippen LogP contribution in [0.5, 0.6) is 0 Å². The molecule has 1 aliphatic heterocycles. The van der Waals surface area contributed by atoms with Crippen LogP contribution in [0.15, 0.2) is 5.10 Å². The van der Waals surface area contributed by atoms with E-state index in [0.29, 0.717) is 0 Å². The van der Waals surface area contributed by atoms with E-state index in [4.69, 9.17) is 0 Å². The van der Waals surface area contributed by atoms with Crippen LogP contribution in [-0.4, -0.2) is 29.9 Å². The van der Waals surface area contributed by atoms with Crippen LogP contribution in [0.4, 0.5) is 0 Å². The lowest BCUT2D eigenvalue weighted by molar-refractivity contribution is -0.476. The topological polar surface area (TPSA) is 32.7 Å². The van der Waals surface area contributed by atoms with Gasteiger partial charge in [0.1, 0.15) is 0 Å². The average Bonchev–Trinajstić information content (AvgIpc) is 1.87. The van der Waals surface area contributed by atoms with Gasteiger partial charge in [-0.2, -0.15) is 5.10 Å². The lowest BCUT2D eigenvalue weighted by Crippen LogP contribution is -2.04. The molecule has 38 valence electrons. The summed E-state index contributed by atoms with van der Waals surface area (Å²) in [5.74, 6) is 0. The molecule has 0 spiro atoms. The van der Waals surface area contributed by atoms with Crippen LogP contribution in [0.25, 0.3) is 5.53 Å². The fourth-order valence-corrected chi connectivity index (χ4v) is 0.343. The molecule has 0 saturated heterocycles. The van der Waals surface area contributed by atoms with Gasteiger partial charge in [0, 0.05) is 7.05 Å². The molecule has 0 saturated carbocycles. The highest BCUT2D eigenvalue weighted by Gasteiger charge is 1.94. The molecule has 0 N–H and O–H groups in total. The van der Waals surface area contributed by atoms with E-state index in [1.54, 1.807) is 18.4 Å². The molecule has 0 aromatic carbocycles. The van der Waals surface area contributed by atoms with E-state index < -0.39 is 0 Å². The molecule has 0 fully saturated rings. The van der Waals surface area contributed by atoms with E-state index in [1.807, 2.05) is 0 Å². The highest BCUT2D eigenvalue weighted by atomic mass is 15.8. The Balaban J connectivity index is 2.58. The quantitative estimate of drug-likeness (QED) is 0.386. The number of rotatable bonds is 0. The predicted molar refractivity (Wildman–Crippen MR) is 27.0 cm³/mol. The Morgan fingerprint density at radius 2 is 2.71 bits per heavy atom. The van der Waals surface area contributed by atoms with Crippen molar-refractivity contribution in [1.29, 1.82) is 0 Å². The smallest absolute Gasteiger partial charge is 0.155 e. The van der Waals surface area contributed by atoms with Gasteiger partial charge >= 0.3 is 0 Å². The highest BCUT2D eigenvalue weighted by Crippen LogP contribution is 1.98. The van der Waals surface area contributed by atoms with E-state index in [2.05, 4.69) is 17.4 Å². The van der Waals surface area contributed by atoms with E-state index in [0.717, 1.165) is 0 Å². The van der Waals surface area contributed by atoms with Crippen molar-refractivity contribution in [1.82, 2.24) is 5.01 Å². The average molecular weight is 98.1 g/mol. The van der Waals surface area contributed by atoms with Gasteiger partial charge in [0.25, 0.3) is 0 Å². The van der Waals surface area contributed by atoms with E-state index in [1.165, 1.54) is 4.79 Å². The fraction of sp³-hybridized carbons (Fsp3) is 0.333. The first kappa shape index (κ1) is 4.11. The standard InChI is InChI=1S/C3H6N4/c1-6-3-4-7(2)5-6/h3H,2H2,1H3. The number of hydrogen-bond acceptors (Lipinski definition) is 2. The molecule has 0 aromatic rings. The molecule has 0 radical (unpaired) electrons. The minimum Gasteiger partial charge on any atom is -0.311 e. The molecule has 4 nitrogen and oxygen atoms in total. The van der Waals surface area contributed by atoms with Crippen molar-refractivity contribution in [3.63, 3.8) is 0 Å². The Bertz CT molecular complexity index is 116. The van der Waals surface area contributed by atoms with E-state index >= 15 is 0 Å². The molecule has 1 rings (SSSR count). The summed E-state index contributed by atoms with van der Waals surface area (Å²) in [5, 5.41) is 5.25. The second-order valence-electron chi connectivity index (χ2n) is 1.27. The summed E-state index contributed by atoms with van der Waals surface area (Å²) in [6.45, 7) is 3.42. The Hall–Kier alpha value is -1.06. The molecule has 1 heterocycles. The fourth-order valence-electron chi connectivity index (χ4n) is 0.343. The molecule has 0 aliphatic carbocycles. The first-order chi connectivity index (χ1) is 3.29. The molecular formula is C3H6N4. The van der Waals surface area contributed by atoms with Crippen molar-refractivity contribution >= 4 is 13.1 Å². The maximum Gasteiger partial charge on any atom is 0.155 e. The van der Waals surface area contributed by atoms with Crippen LogP contribution in [-0.2, 0) is 0 Å². The lowest BCUT2D eigenvalue weighted by Gasteiger charge is -2.04. The first-order valence-electron chi connectivity index (χ1n) is 1.88. The predicted octanol–water partition coefficient (Wildman–Crippen LogP) is -0.208. The summed E-state index contributed by atoms with van der Waals surface area (Å²) in [7, 11) is 1.79. The van der Waals surface area contributed by atoms with Gasteiger partial charge in [0.15, 0.2) is 6.72 Å². The SMILES string of the molecule is C=[N+]1N=CN(C)[N-]1. The van der Waals surface area contributed by atoms with Gasteiger partial charge in [-0.15, -0.1) is 10.3 Å². The van der Waals surface area contributed by atoms with Crippen LogP contribution in [0.1, 0.15) is 0 Å². The molecule has 4 heteroatoms. The Morgan fingerprint density at radius 1 is 2.00 bits per heavy atom. The summed E-state index contributed by atoms with van der Waals surface area (Å²) in [5.41, 5.74) is 3.72. The normalized spacial score (nSPS) is 17.9. The maximum absolute atomic E-state index is 3.72. The third-order valence-corrected chi connectivity index (χ3v) is 0.596. The molecule has 0 atom stereocenters. The summed E-state index contributed by atoms with van der Waals surface area (Å²) in [6.07, 6.45) is 1.58. The van der Waals surface area contributed by atoms with Gasteiger partial charge in [-0.05, 0) is 0 Å². The van der Waals surface area contributed by atoms with Crippen molar-refractivity contribution in [3.05, 3.63) is 5.53 Å². The van der Waals surface area contributed by atoms with Crippen molar-refractivity contribution < 1.29 is 4.79 Å². The Morgan fingerprint density at radius 3 is 2.86 bits per heavy atom. The molecular weight excluding hydrogens is 92.1 g/mol. The highest BCUT2D eigenvalue weighted by molar-refractivity contribution is 5.55. The summed E-state index contributed by atoms with van der Waals surface area (Å²) in [6, 6.07) is 0. The molecule has 0 bridgehead atoms. The summed E-state index contributed by atoms with van der Waals surface area (Å²) in [4.78, 5) is 1.25. The van der Waals surface area contributed by atoms with Gasteiger partial charge in [-0.25, -0.2) is 0 Å².